The summed E-state index contributed by atoms with van der Waals surface area (Å²) < 4.78 is 11.2. The van der Waals surface area contributed by atoms with Crippen LogP contribution >= 0.6 is 0 Å². The molecule has 2 aromatic rings. The van der Waals surface area contributed by atoms with Crippen molar-refractivity contribution in [2.45, 2.75) is 13.5 Å². The summed E-state index contributed by atoms with van der Waals surface area (Å²) in [4.78, 5) is 11.3. The van der Waals surface area contributed by atoms with Crippen LogP contribution in [-0.4, -0.2) is 12.5 Å². The highest BCUT2D eigenvalue weighted by Gasteiger charge is 2.09. The maximum Gasteiger partial charge on any atom is 0.252 e. The van der Waals surface area contributed by atoms with E-state index in [9.17, 15) is 4.79 Å². The van der Waals surface area contributed by atoms with Gasteiger partial charge < -0.3 is 15.2 Å². The van der Waals surface area contributed by atoms with Crippen LogP contribution in [0.5, 0.6) is 11.5 Å². The topological polar surface area (TPSA) is 61.6 Å². The van der Waals surface area contributed by atoms with Gasteiger partial charge in [-0.1, -0.05) is 30.3 Å². The summed E-state index contributed by atoms with van der Waals surface area (Å²) in [5, 5.41) is 0. The highest BCUT2D eigenvalue weighted by molar-refractivity contribution is 5.95. The molecule has 2 aromatic carbocycles. The quantitative estimate of drug-likeness (QED) is 0.878. The van der Waals surface area contributed by atoms with Crippen LogP contribution in [0.1, 0.15) is 22.8 Å². The lowest BCUT2D eigenvalue weighted by atomic mass is 10.2. The van der Waals surface area contributed by atoms with Gasteiger partial charge in [0.1, 0.15) is 18.1 Å². The van der Waals surface area contributed by atoms with Gasteiger partial charge in [-0.2, -0.15) is 0 Å². The molecule has 0 aliphatic heterocycles. The van der Waals surface area contributed by atoms with Crippen molar-refractivity contribution in [2.24, 2.45) is 5.73 Å². The van der Waals surface area contributed by atoms with Gasteiger partial charge in [0.25, 0.3) is 5.91 Å². The van der Waals surface area contributed by atoms with Gasteiger partial charge in [-0.25, -0.2) is 0 Å². The lowest BCUT2D eigenvalue weighted by Gasteiger charge is -2.12. The maximum absolute atomic E-state index is 11.3. The number of amides is 1. The number of benzene rings is 2. The minimum absolute atomic E-state index is 0.320. The van der Waals surface area contributed by atoms with E-state index in [1.165, 1.54) is 0 Å². The fraction of sp³-hybridized carbons (Fsp3) is 0.188. The molecule has 1 amide bonds. The normalized spacial score (nSPS) is 10.1. The van der Waals surface area contributed by atoms with Crippen molar-refractivity contribution < 1.29 is 14.3 Å². The Labute approximate surface area is 118 Å². The van der Waals surface area contributed by atoms with Gasteiger partial charge in [0, 0.05) is 5.56 Å². The zero-order valence-corrected chi connectivity index (χ0v) is 11.3. The number of carbonyl (C=O) groups excluding carboxylic acids is 1. The molecule has 104 valence electrons. The Morgan fingerprint density at radius 3 is 2.35 bits per heavy atom. The monoisotopic (exact) mass is 271 g/mol. The van der Waals surface area contributed by atoms with Crippen molar-refractivity contribution in [2.75, 3.05) is 6.61 Å². The van der Waals surface area contributed by atoms with E-state index in [0.717, 1.165) is 11.3 Å². The zero-order chi connectivity index (χ0) is 14.4. The first-order valence-electron chi connectivity index (χ1n) is 6.44. The minimum Gasteiger partial charge on any atom is -0.493 e. The third kappa shape index (κ3) is 3.29. The van der Waals surface area contributed by atoms with Crippen molar-refractivity contribution in [3.8, 4) is 11.5 Å². The number of rotatable bonds is 6. The molecule has 0 heterocycles. The van der Waals surface area contributed by atoms with Crippen LogP contribution in [0, 0.1) is 0 Å². The fourth-order valence-electron chi connectivity index (χ4n) is 1.87. The van der Waals surface area contributed by atoms with Crippen LogP contribution in [0.25, 0.3) is 0 Å². The molecule has 0 aliphatic carbocycles. The Kier molecular flexibility index (Phi) is 4.60. The van der Waals surface area contributed by atoms with Crippen molar-refractivity contribution in [3.05, 3.63) is 59.7 Å². The molecule has 0 atom stereocenters. The summed E-state index contributed by atoms with van der Waals surface area (Å²) in [5.74, 6) is 0.761. The van der Waals surface area contributed by atoms with Gasteiger partial charge in [0.2, 0.25) is 0 Å². The predicted molar refractivity (Wildman–Crippen MR) is 76.9 cm³/mol. The first-order valence-corrected chi connectivity index (χ1v) is 6.44. The second-order valence-corrected chi connectivity index (χ2v) is 4.19. The molecule has 0 aromatic heterocycles. The number of hydrogen-bond donors (Lipinski definition) is 1. The molecular formula is C16H17NO3. The van der Waals surface area contributed by atoms with Crippen molar-refractivity contribution in [3.63, 3.8) is 0 Å². The molecule has 4 nitrogen and oxygen atoms in total. The van der Waals surface area contributed by atoms with E-state index in [4.69, 9.17) is 15.2 Å². The molecule has 0 unspecified atom stereocenters. The van der Waals surface area contributed by atoms with E-state index in [0.29, 0.717) is 24.5 Å². The Bertz CT molecular complexity index is 596. The first kappa shape index (κ1) is 13.9. The SMILES string of the molecule is CCOc1ccccc1COc1ccccc1C(N)=O. The first-order chi connectivity index (χ1) is 9.72. The molecule has 0 bridgehead atoms. The molecule has 0 saturated carbocycles. The number of primary amides is 1. The number of hydrogen-bond acceptors (Lipinski definition) is 3. The van der Waals surface area contributed by atoms with Crippen LogP contribution in [0.3, 0.4) is 0 Å². The molecule has 2 N–H and O–H groups in total. The average molecular weight is 271 g/mol. The molecule has 0 aliphatic rings. The van der Waals surface area contributed by atoms with E-state index in [-0.39, 0.29) is 0 Å². The van der Waals surface area contributed by atoms with E-state index in [2.05, 4.69) is 0 Å². The number of nitrogens with two attached hydrogens (primary N) is 1. The van der Waals surface area contributed by atoms with Crippen LogP contribution in [0.15, 0.2) is 48.5 Å². The van der Waals surface area contributed by atoms with Crippen molar-refractivity contribution >= 4 is 5.91 Å². The van der Waals surface area contributed by atoms with Gasteiger partial charge in [-0.15, -0.1) is 0 Å². The van der Waals surface area contributed by atoms with E-state index in [1.54, 1.807) is 24.3 Å². The van der Waals surface area contributed by atoms with Crippen LogP contribution in [0.2, 0.25) is 0 Å². The summed E-state index contributed by atoms with van der Waals surface area (Å²) in [5.41, 5.74) is 6.62. The summed E-state index contributed by atoms with van der Waals surface area (Å²) in [6, 6.07) is 14.6. The van der Waals surface area contributed by atoms with Gasteiger partial charge in [0.05, 0.1) is 12.2 Å². The highest BCUT2D eigenvalue weighted by atomic mass is 16.5. The van der Waals surface area contributed by atoms with Gasteiger partial charge in [-0.3, -0.25) is 4.79 Å². The number of ether oxygens (including phenoxy) is 2. The molecule has 0 fully saturated rings. The van der Waals surface area contributed by atoms with E-state index in [1.807, 2.05) is 31.2 Å². The second kappa shape index (κ2) is 6.61. The average Bonchev–Trinajstić information content (AvgIpc) is 2.47. The Hall–Kier alpha value is -2.49. The fourth-order valence-corrected chi connectivity index (χ4v) is 1.87. The third-order valence-corrected chi connectivity index (χ3v) is 2.81. The summed E-state index contributed by atoms with van der Waals surface area (Å²) >= 11 is 0. The van der Waals surface area contributed by atoms with Crippen LogP contribution in [-0.2, 0) is 6.61 Å². The number of carbonyl (C=O) groups is 1. The van der Waals surface area contributed by atoms with Crippen molar-refractivity contribution in [1.82, 2.24) is 0 Å². The van der Waals surface area contributed by atoms with Crippen molar-refractivity contribution in [1.29, 1.82) is 0 Å². The Balaban J connectivity index is 2.15. The zero-order valence-electron chi connectivity index (χ0n) is 11.3. The summed E-state index contributed by atoms with van der Waals surface area (Å²) in [7, 11) is 0. The van der Waals surface area contributed by atoms with E-state index < -0.39 is 5.91 Å². The third-order valence-electron chi connectivity index (χ3n) is 2.81. The predicted octanol–water partition coefficient (Wildman–Crippen LogP) is 2.76. The molecule has 0 spiro atoms. The summed E-state index contributed by atoms with van der Waals surface area (Å²) in [6.45, 7) is 2.84. The standard InChI is InChI=1S/C16H17NO3/c1-2-19-14-9-5-3-7-12(14)11-20-15-10-6-4-8-13(15)16(17)18/h3-10H,2,11H2,1H3,(H2,17,18). The van der Waals surface area contributed by atoms with Gasteiger partial charge in [-0.05, 0) is 25.1 Å². The lowest BCUT2D eigenvalue weighted by Crippen LogP contribution is -2.13. The molecular weight excluding hydrogens is 254 g/mol. The van der Waals surface area contributed by atoms with Crippen LogP contribution < -0.4 is 15.2 Å². The smallest absolute Gasteiger partial charge is 0.252 e. The number of para-hydroxylation sites is 2. The maximum atomic E-state index is 11.3. The second-order valence-electron chi connectivity index (χ2n) is 4.19. The van der Waals surface area contributed by atoms with Gasteiger partial charge >= 0.3 is 0 Å². The largest absolute Gasteiger partial charge is 0.493 e. The molecule has 0 saturated heterocycles. The Morgan fingerprint density at radius 1 is 1.00 bits per heavy atom. The Morgan fingerprint density at radius 2 is 1.65 bits per heavy atom. The summed E-state index contributed by atoms with van der Waals surface area (Å²) in [6.07, 6.45) is 0. The van der Waals surface area contributed by atoms with E-state index >= 15 is 0 Å². The lowest BCUT2D eigenvalue weighted by molar-refractivity contribution is 0.0996. The minimum atomic E-state index is -0.501. The molecule has 20 heavy (non-hydrogen) atoms. The highest BCUT2D eigenvalue weighted by Crippen LogP contribution is 2.22. The molecule has 4 heteroatoms. The van der Waals surface area contributed by atoms with Gasteiger partial charge in [0.15, 0.2) is 0 Å². The van der Waals surface area contributed by atoms with Crippen LogP contribution in [0.4, 0.5) is 0 Å². The molecule has 0 radical (unpaired) electrons. The molecule has 2 rings (SSSR count).